The molecule has 0 aromatic heterocycles. The van der Waals surface area contributed by atoms with Crippen LogP contribution in [0.3, 0.4) is 0 Å². The van der Waals surface area contributed by atoms with E-state index in [0.29, 0.717) is 0 Å². The minimum atomic E-state index is -0.551. The lowest BCUT2D eigenvalue weighted by molar-refractivity contribution is 0.00973. The van der Waals surface area contributed by atoms with E-state index in [9.17, 15) is 8.78 Å². The summed E-state index contributed by atoms with van der Waals surface area (Å²) in [5, 5.41) is 0. The quantitative estimate of drug-likeness (QED) is 0.883. The van der Waals surface area contributed by atoms with Crippen molar-refractivity contribution in [3.05, 3.63) is 35.4 Å². The second-order valence-electron chi connectivity index (χ2n) is 4.56. The molecule has 0 saturated heterocycles. The van der Waals surface area contributed by atoms with E-state index >= 15 is 0 Å². The second kappa shape index (κ2) is 5.56. The highest BCUT2D eigenvalue weighted by Crippen LogP contribution is 2.22. The van der Waals surface area contributed by atoms with Crippen LogP contribution in [0.2, 0.25) is 0 Å². The Balaban J connectivity index is 1.93. The van der Waals surface area contributed by atoms with Crippen LogP contribution in [0.25, 0.3) is 0 Å². The summed E-state index contributed by atoms with van der Waals surface area (Å²) in [4.78, 5) is 0. The molecule has 0 bridgehead atoms. The number of nitrogens with two attached hydrogens (primary N) is 1. The Bertz CT molecular complexity index is 363. The highest BCUT2D eigenvalue weighted by atomic mass is 19.1. The van der Waals surface area contributed by atoms with Gasteiger partial charge in [0.1, 0.15) is 11.6 Å². The molecule has 0 heterocycles. The van der Waals surface area contributed by atoms with E-state index in [1.54, 1.807) is 0 Å². The van der Waals surface area contributed by atoms with Crippen molar-refractivity contribution in [1.29, 1.82) is 0 Å². The van der Waals surface area contributed by atoms with Gasteiger partial charge in [-0.05, 0) is 37.8 Å². The molecule has 0 aliphatic heterocycles. The van der Waals surface area contributed by atoms with Crippen molar-refractivity contribution in [2.45, 2.75) is 44.4 Å². The van der Waals surface area contributed by atoms with Gasteiger partial charge in [-0.3, -0.25) is 0 Å². The van der Waals surface area contributed by atoms with E-state index in [1.807, 2.05) is 0 Å². The number of halogens is 2. The van der Waals surface area contributed by atoms with Gasteiger partial charge in [-0.25, -0.2) is 8.78 Å². The smallest absolute Gasteiger partial charge is 0.131 e. The topological polar surface area (TPSA) is 35.2 Å². The van der Waals surface area contributed by atoms with Crippen LogP contribution < -0.4 is 5.73 Å². The Kier molecular flexibility index (Phi) is 4.07. The Morgan fingerprint density at radius 2 is 1.94 bits per heavy atom. The maximum atomic E-state index is 13.3. The van der Waals surface area contributed by atoms with Crippen LogP contribution in [0, 0.1) is 11.6 Å². The fraction of sp³-hybridized carbons (Fsp3) is 0.538. The predicted octanol–water partition coefficient (Wildman–Crippen LogP) is 2.75. The first kappa shape index (κ1) is 12.5. The monoisotopic (exact) mass is 241 g/mol. The van der Waals surface area contributed by atoms with Gasteiger partial charge in [0.25, 0.3) is 0 Å². The zero-order chi connectivity index (χ0) is 12.3. The van der Waals surface area contributed by atoms with Gasteiger partial charge in [-0.1, -0.05) is 6.07 Å². The van der Waals surface area contributed by atoms with E-state index in [-0.39, 0.29) is 24.3 Å². The van der Waals surface area contributed by atoms with E-state index in [0.717, 1.165) is 25.7 Å². The minimum absolute atomic E-state index is 0.00615. The molecule has 2 rings (SSSR count). The van der Waals surface area contributed by atoms with Crippen molar-refractivity contribution in [2.75, 3.05) is 0 Å². The minimum Gasteiger partial charge on any atom is -0.373 e. The molecule has 1 aliphatic carbocycles. The largest absolute Gasteiger partial charge is 0.373 e. The van der Waals surface area contributed by atoms with Crippen LogP contribution in [-0.2, 0) is 11.3 Å². The first-order valence-corrected chi connectivity index (χ1v) is 5.97. The normalized spacial score (nSPS) is 24.9. The van der Waals surface area contributed by atoms with Crippen molar-refractivity contribution < 1.29 is 13.5 Å². The summed E-state index contributed by atoms with van der Waals surface area (Å²) >= 11 is 0. The van der Waals surface area contributed by atoms with Gasteiger partial charge < -0.3 is 10.5 Å². The Morgan fingerprint density at radius 3 is 2.59 bits per heavy atom. The average Bonchev–Trinajstić information content (AvgIpc) is 2.28. The standard InChI is InChI=1S/C13H17F2NO/c14-12-5-2-6-13(15)11(12)8-17-10-4-1-3-9(16)7-10/h2,5-6,9-10H,1,3-4,7-8,16H2. The summed E-state index contributed by atoms with van der Waals surface area (Å²) in [6.45, 7) is -0.0180. The zero-order valence-corrected chi connectivity index (χ0v) is 9.66. The van der Waals surface area contributed by atoms with E-state index < -0.39 is 11.6 Å². The van der Waals surface area contributed by atoms with Crippen molar-refractivity contribution in [1.82, 2.24) is 0 Å². The molecule has 1 aliphatic rings. The molecule has 0 spiro atoms. The van der Waals surface area contributed by atoms with Crippen LogP contribution >= 0.6 is 0 Å². The first-order chi connectivity index (χ1) is 8.16. The molecule has 2 nitrogen and oxygen atoms in total. The lowest BCUT2D eigenvalue weighted by Crippen LogP contribution is -2.32. The fourth-order valence-electron chi connectivity index (χ4n) is 2.20. The molecule has 1 fully saturated rings. The summed E-state index contributed by atoms with van der Waals surface area (Å²) in [6, 6.07) is 3.99. The molecule has 2 unspecified atom stereocenters. The van der Waals surface area contributed by atoms with Crippen molar-refractivity contribution in [2.24, 2.45) is 5.73 Å². The first-order valence-electron chi connectivity index (χ1n) is 5.97. The average molecular weight is 241 g/mol. The summed E-state index contributed by atoms with van der Waals surface area (Å²) in [5.41, 5.74) is 5.83. The van der Waals surface area contributed by atoms with Gasteiger partial charge in [-0.2, -0.15) is 0 Å². The Hall–Kier alpha value is -1.00. The lowest BCUT2D eigenvalue weighted by Gasteiger charge is -2.26. The molecular formula is C13H17F2NO. The summed E-state index contributed by atoms with van der Waals surface area (Å²) in [7, 11) is 0. The highest BCUT2D eigenvalue weighted by molar-refractivity contribution is 5.18. The third-order valence-electron chi connectivity index (χ3n) is 3.19. The second-order valence-corrected chi connectivity index (χ2v) is 4.56. The molecule has 1 aromatic rings. The van der Waals surface area contributed by atoms with Crippen molar-refractivity contribution in [3.8, 4) is 0 Å². The molecule has 0 radical (unpaired) electrons. The van der Waals surface area contributed by atoms with E-state index in [2.05, 4.69) is 0 Å². The lowest BCUT2D eigenvalue weighted by atomic mass is 9.93. The number of ether oxygens (including phenoxy) is 1. The Labute approximate surface area is 99.8 Å². The highest BCUT2D eigenvalue weighted by Gasteiger charge is 2.20. The number of hydrogen-bond acceptors (Lipinski definition) is 2. The molecule has 94 valence electrons. The molecular weight excluding hydrogens is 224 g/mol. The molecule has 2 N–H and O–H groups in total. The summed E-state index contributed by atoms with van der Waals surface area (Å²) in [6.07, 6.45) is 3.75. The number of hydrogen-bond donors (Lipinski definition) is 1. The maximum Gasteiger partial charge on any atom is 0.131 e. The van der Waals surface area contributed by atoms with E-state index in [4.69, 9.17) is 10.5 Å². The van der Waals surface area contributed by atoms with Crippen molar-refractivity contribution >= 4 is 0 Å². The van der Waals surface area contributed by atoms with Crippen LogP contribution in [0.1, 0.15) is 31.2 Å². The van der Waals surface area contributed by atoms with Gasteiger partial charge in [0.15, 0.2) is 0 Å². The molecule has 4 heteroatoms. The van der Waals surface area contributed by atoms with Gasteiger partial charge in [0.2, 0.25) is 0 Å². The zero-order valence-electron chi connectivity index (χ0n) is 9.66. The van der Waals surface area contributed by atoms with Gasteiger partial charge in [0, 0.05) is 11.6 Å². The molecule has 1 aromatic carbocycles. The van der Waals surface area contributed by atoms with Crippen LogP contribution in [0.5, 0.6) is 0 Å². The number of rotatable bonds is 3. The van der Waals surface area contributed by atoms with E-state index in [1.165, 1.54) is 18.2 Å². The third-order valence-corrected chi connectivity index (χ3v) is 3.19. The molecule has 2 atom stereocenters. The summed E-state index contributed by atoms with van der Waals surface area (Å²) in [5.74, 6) is -1.10. The molecule has 17 heavy (non-hydrogen) atoms. The molecule has 0 amide bonds. The maximum absolute atomic E-state index is 13.3. The predicted molar refractivity (Wildman–Crippen MR) is 61.4 cm³/mol. The molecule has 1 saturated carbocycles. The van der Waals surface area contributed by atoms with Gasteiger partial charge in [-0.15, -0.1) is 0 Å². The van der Waals surface area contributed by atoms with Crippen LogP contribution in [0.4, 0.5) is 8.78 Å². The Morgan fingerprint density at radius 1 is 1.24 bits per heavy atom. The summed E-state index contributed by atoms with van der Waals surface area (Å²) < 4.78 is 32.2. The van der Waals surface area contributed by atoms with Gasteiger partial charge in [0.05, 0.1) is 12.7 Å². The fourth-order valence-corrected chi connectivity index (χ4v) is 2.20. The SMILES string of the molecule is NC1CCCC(OCc2c(F)cccc2F)C1. The number of benzene rings is 1. The van der Waals surface area contributed by atoms with Crippen LogP contribution in [0.15, 0.2) is 18.2 Å². The van der Waals surface area contributed by atoms with Crippen LogP contribution in [-0.4, -0.2) is 12.1 Å². The van der Waals surface area contributed by atoms with Gasteiger partial charge >= 0.3 is 0 Å². The van der Waals surface area contributed by atoms with Crippen molar-refractivity contribution in [3.63, 3.8) is 0 Å². The third kappa shape index (κ3) is 3.23.